The van der Waals surface area contributed by atoms with Crippen molar-refractivity contribution in [3.63, 3.8) is 0 Å². The van der Waals surface area contributed by atoms with Crippen LogP contribution < -0.4 is 0 Å². The van der Waals surface area contributed by atoms with Crippen molar-refractivity contribution in [1.29, 1.82) is 0 Å². The summed E-state index contributed by atoms with van der Waals surface area (Å²) in [6.07, 6.45) is 5.29. The second kappa shape index (κ2) is 4.63. The second-order valence-corrected chi connectivity index (χ2v) is 2.10. The molecule has 0 aromatic carbocycles. The lowest BCUT2D eigenvalue weighted by Gasteiger charge is -1.84. The number of rotatable bonds is 1. The van der Waals surface area contributed by atoms with Crippen LogP contribution in [-0.4, -0.2) is 18.2 Å². The van der Waals surface area contributed by atoms with Crippen LogP contribution in [0.4, 0.5) is 0 Å². The van der Waals surface area contributed by atoms with Crippen molar-refractivity contribution >= 4 is 6.08 Å². The van der Waals surface area contributed by atoms with E-state index in [1.807, 2.05) is 12.1 Å². The minimum atomic E-state index is 1.00. The van der Waals surface area contributed by atoms with Gasteiger partial charge in [0, 0.05) is 12.4 Å². The van der Waals surface area contributed by atoms with Gasteiger partial charge in [-0.15, -0.1) is 0 Å². The zero-order valence-electron chi connectivity index (χ0n) is 6.36. The average Bonchev–Trinajstić information content (AvgIpc) is 2.92. The highest BCUT2D eigenvalue weighted by Crippen LogP contribution is 1.94. The van der Waals surface area contributed by atoms with E-state index >= 15 is 0 Å². The van der Waals surface area contributed by atoms with Crippen molar-refractivity contribution in [3.8, 4) is 0 Å². The smallest absolute Gasteiger partial charge is 0.0701 e. The summed E-state index contributed by atoms with van der Waals surface area (Å²) < 4.78 is 4.50. The van der Waals surface area contributed by atoms with Crippen LogP contribution in [0.2, 0.25) is 0 Å². The van der Waals surface area contributed by atoms with Gasteiger partial charge in [0.25, 0.3) is 0 Å². The summed E-state index contributed by atoms with van der Waals surface area (Å²) in [5.74, 6) is 0. The molecule has 0 spiro atoms. The maximum Gasteiger partial charge on any atom is 0.0701 e. The number of pyridine rings is 1. The zero-order chi connectivity index (χ0) is 7.94. The first-order valence-corrected chi connectivity index (χ1v) is 3.53. The fourth-order valence-electron chi connectivity index (χ4n) is 0.500. The van der Waals surface area contributed by atoms with Gasteiger partial charge in [0.05, 0.1) is 13.2 Å². The minimum absolute atomic E-state index is 1.00. The minimum Gasteiger partial charge on any atom is -0.377 e. The molecule has 0 bridgehead atoms. The SMILES string of the molecule is C1CO1.C=Cc1ccncc1. The Balaban J connectivity index is 0.000000167. The van der Waals surface area contributed by atoms with Crippen LogP contribution >= 0.6 is 0 Å². The fourth-order valence-corrected chi connectivity index (χ4v) is 0.500. The van der Waals surface area contributed by atoms with Gasteiger partial charge in [0.1, 0.15) is 0 Å². The molecule has 1 aliphatic heterocycles. The van der Waals surface area contributed by atoms with Gasteiger partial charge in [-0.05, 0) is 17.7 Å². The molecule has 0 atom stereocenters. The second-order valence-electron chi connectivity index (χ2n) is 2.10. The van der Waals surface area contributed by atoms with Crippen molar-refractivity contribution in [3.05, 3.63) is 36.7 Å². The third-order valence-corrected chi connectivity index (χ3v) is 1.15. The average molecular weight is 149 g/mol. The predicted molar refractivity (Wildman–Crippen MR) is 45.1 cm³/mol. The van der Waals surface area contributed by atoms with Crippen LogP contribution in [0, 0.1) is 0 Å². The third kappa shape index (κ3) is 4.28. The van der Waals surface area contributed by atoms with Gasteiger partial charge in [-0.25, -0.2) is 0 Å². The number of epoxide rings is 1. The van der Waals surface area contributed by atoms with E-state index < -0.39 is 0 Å². The van der Waals surface area contributed by atoms with Gasteiger partial charge < -0.3 is 4.74 Å². The van der Waals surface area contributed by atoms with E-state index in [1.165, 1.54) is 0 Å². The highest BCUT2D eigenvalue weighted by Gasteiger charge is 1.94. The molecule has 0 N–H and O–H groups in total. The van der Waals surface area contributed by atoms with Crippen molar-refractivity contribution in [2.45, 2.75) is 0 Å². The first kappa shape index (κ1) is 7.95. The number of ether oxygens (including phenoxy) is 1. The lowest BCUT2D eigenvalue weighted by atomic mass is 10.3. The van der Waals surface area contributed by atoms with Crippen LogP contribution in [0.1, 0.15) is 5.56 Å². The maximum absolute atomic E-state index is 4.50. The Morgan fingerprint density at radius 1 is 1.36 bits per heavy atom. The van der Waals surface area contributed by atoms with E-state index in [-0.39, 0.29) is 0 Å². The summed E-state index contributed by atoms with van der Waals surface area (Å²) in [4.78, 5) is 3.85. The molecule has 0 saturated carbocycles. The van der Waals surface area contributed by atoms with Crippen molar-refractivity contribution < 1.29 is 4.74 Å². The van der Waals surface area contributed by atoms with Crippen LogP contribution in [0.25, 0.3) is 6.08 Å². The van der Waals surface area contributed by atoms with Gasteiger partial charge in [-0.3, -0.25) is 4.98 Å². The van der Waals surface area contributed by atoms with Crippen molar-refractivity contribution in [2.75, 3.05) is 13.2 Å². The van der Waals surface area contributed by atoms with Gasteiger partial charge in [-0.1, -0.05) is 12.7 Å². The Hall–Kier alpha value is -1.15. The molecule has 11 heavy (non-hydrogen) atoms. The molecule has 1 fully saturated rings. The first-order chi connectivity index (χ1) is 5.43. The maximum atomic E-state index is 4.50. The van der Waals surface area contributed by atoms with E-state index in [9.17, 15) is 0 Å². The molecule has 1 aromatic heterocycles. The highest BCUT2D eigenvalue weighted by molar-refractivity contribution is 5.44. The molecule has 58 valence electrons. The molecule has 0 unspecified atom stereocenters. The lowest BCUT2D eigenvalue weighted by Crippen LogP contribution is -1.69. The molecule has 1 aliphatic rings. The van der Waals surface area contributed by atoms with E-state index in [2.05, 4.69) is 16.3 Å². The molecular formula is C9H11NO. The fraction of sp³-hybridized carbons (Fsp3) is 0.222. The Bertz CT molecular complexity index is 203. The Kier molecular flexibility index (Phi) is 3.35. The molecule has 2 rings (SSSR count). The van der Waals surface area contributed by atoms with E-state index in [0.717, 1.165) is 18.8 Å². The standard InChI is InChI=1S/C7H7N.C2H4O/c1-2-7-3-5-8-6-4-7;1-2-3-1/h2-6H,1H2;1-2H2. The lowest BCUT2D eigenvalue weighted by molar-refractivity contribution is 0.475. The molecule has 2 nitrogen and oxygen atoms in total. The summed E-state index contributed by atoms with van der Waals surface area (Å²) >= 11 is 0. The topological polar surface area (TPSA) is 25.4 Å². The van der Waals surface area contributed by atoms with Gasteiger partial charge in [0.2, 0.25) is 0 Å². The summed E-state index contributed by atoms with van der Waals surface area (Å²) in [6, 6.07) is 3.82. The number of hydrogen-bond donors (Lipinski definition) is 0. The molecule has 1 saturated heterocycles. The third-order valence-electron chi connectivity index (χ3n) is 1.15. The summed E-state index contributed by atoms with van der Waals surface area (Å²) in [7, 11) is 0. The Labute approximate surface area is 66.5 Å². The van der Waals surface area contributed by atoms with Crippen LogP contribution in [-0.2, 0) is 4.74 Å². The summed E-state index contributed by atoms with van der Waals surface area (Å²) in [5, 5.41) is 0. The van der Waals surface area contributed by atoms with Gasteiger partial charge in [0.15, 0.2) is 0 Å². The zero-order valence-corrected chi connectivity index (χ0v) is 6.36. The monoisotopic (exact) mass is 149 g/mol. The van der Waals surface area contributed by atoms with Crippen molar-refractivity contribution in [2.24, 2.45) is 0 Å². The van der Waals surface area contributed by atoms with Gasteiger partial charge in [-0.2, -0.15) is 0 Å². The van der Waals surface area contributed by atoms with E-state index in [1.54, 1.807) is 18.5 Å². The number of aromatic nitrogens is 1. The van der Waals surface area contributed by atoms with Crippen LogP contribution in [0.5, 0.6) is 0 Å². The molecular weight excluding hydrogens is 138 g/mol. The molecule has 0 aliphatic carbocycles. The molecule has 1 aromatic rings. The predicted octanol–water partition coefficient (Wildman–Crippen LogP) is 1.74. The Morgan fingerprint density at radius 2 is 1.91 bits per heavy atom. The highest BCUT2D eigenvalue weighted by atomic mass is 16.6. The number of hydrogen-bond acceptors (Lipinski definition) is 2. The van der Waals surface area contributed by atoms with Crippen LogP contribution in [0.3, 0.4) is 0 Å². The molecule has 2 heterocycles. The van der Waals surface area contributed by atoms with Crippen LogP contribution in [0.15, 0.2) is 31.1 Å². The quantitative estimate of drug-likeness (QED) is 0.568. The normalized spacial score (nSPS) is 12.7. The molecule has 0 radical (unpaired) electrons. The molecule has 2 heteroatoms. The Morgan fingerprint density at radius 3 is 2.18 bits per heavy atom. The van der Waals surface area contributed by atoms with E-state index in [0.29, 0.717) is 0 Å². The summed E-state index contributed by atoms with van der Waals surface area (Å²) in [5.41, 5.74) is 1.11. The molecule has 0 amide bonds. The largest absolute Gasteiger partial charge is 0.377 e. The first-order valence-electron chi connectivity index (χ1n) is 3.53. The van der Waals surface area contributed by atoms with E-state index in [4.69, 9.17) is 0 Å². The number of nitrogens with zero attached hydrogens (tertiary/aromatic N) is 1. The summed E-state index contributed by atoms with van der Waals surface area (Å²) in [6.45, 7) is 5.60. The van der Waals surface area contributed by atoms with Crippen molar-refractivity contribution in [1.82, 2.24) is 4.98 Å². The van der Waals surface area contributed by atoms with Gasteiger partial charge >= 0.3 is 0 Å².